The van der Waals surface area contributed by atoms with Gasteiger partial charge in [-0.2, -0.15) is 4.98 Å². The standard InChI is InChI=1S/C12H10FN5O/c1-18-5-4-15-11(18)10-16-12(19-17-10)7-2-3-9(14)8(13)6-7/h2-6H,14H2,1H3. The number of imidazole rings is 1. The summed E-state index contributed by atoms with van der Waals surface area (Å²) in [5.74, 6) is 0.622. The SMILES string of the molecule is Cn1ccnc1-c1noc(-c2ccc(N)c(F)c2)n1. The Morgan fingerprint density at radius 2 is 2.21 bits per heavy atom. The molecule has 19 heavy (non-hydrogen) atoms. The van der Waals surface area contributed by atoms with Crippen molar-refractivity contribution in [2.24, 2.45) is 7.05 Å². The van der Waals surface area contributed by atoms with Crippen molar-refractivity contribution in [3.63, 3.8) is 0 Å². The first-order valence-electron chi connectivity index (χ1n) is 5.52. The fourth-order valence-corrected chi connectivity index (χ4v) is 1.67. The first kappa shape index (κ1) is 11.4. The summed E-state index contributed by atoms with van der Waals surface area (Å²) >= 11 is 0. The Morgan fingerprint density at radius 1 is 1.37 bits per heavy atom. The molecule has 7 heteroatoms. The molecule has 0 aliphatic rings. The first-order chi connectivity index (χ1) is 9.15. The zero-order valence-corrected chi connectivity index (χ0v) is 10.0. The van der Waals surface area contributed by atoms with E-state index in [-0.39, 0.29) is 11.6 Å². The molecule has 2 N–H and O–H groups in total. The van der Waals surface area contributed by atoms with Gasteiger partial charge in [-0.15, -0.1) is 0 Å². The highest BCUT2D eigenvalue weighted by Crippen LogP contribution is 2.23. The molecule has 2 heterocycles. The molecule has 0 saturated heterocycles. The Hall–Kier alpha value is -2.70. The van der Waals surface area contributed by atoms with Gasteiger partial charge in [0.15, 0.2) is 5.82 Å². The third-order valence-corrected chi connectivity index (χ3v) is 2.69. The molecule has 2 aromatic heterocycles. The maximum Gasteiger partial charge on any atom is 0.258 e. The number of hydrogen-bond acceptors (Lipinski definition) is 5. The number of nitrogen functional groups attached to an aromatic ring is 1. The van der Waals surface area contributed by atoms with Crippen LogP contribution in [0.5, 0.6) is 0 Å². The summed E-state index contributed by atoms with van der Waals surface area (Å²) in [4.78, 5) is 8.29. The molecule has 96 valence electrons. The highest BCUT2D eigenvalue weighted by molar-refractivity contribution is 5.59. The maximum absolute atomic E-state index is 13.4. The number of nitrogens with two attached hydrogens (primary N) is 1. The Balaban J connectivity index is 2.01. The van der Waals surface area contributed by atoms with Crippen molar-refractivity contribution in [1.29, 1.82) is 0 Å². The number of halogens is 1. The van der Waals surface area contributed by atoms with Crippen LogP contribution < -0.4 is 5.73 Å². The fraction of sp³-hybridized carbons (Fsp3) is 0.0833. The van der Waals surface area contributed by atoms with Crippen LogP contribution in [-0.4, -0.2) is 19.7 Å². The van der Waals surface area contributed by atoms with E-state index in [4.69, 9.17) is 10.3 Å². The zero-order chi connectivity index (χ0) is 13.4. The average molecular weight is 259 g/mol. The Kier molecular flexibility index (Phi) is 2.52. The minimum absolute atomic E-state index is 0.0765. The number of aromatic nitrogens is 4. The van der Waals surface area contributed by atoms with Crippen LogP contribution >= 0.6 is 0 Å². The maximum atomic E-state index is 13.4. The van der Waals surface area contributed by atoms with Gasteiger partial charge in [0.05, 0.1) is 5.69 Å². The normalized spacial score (nSPS) is 10.8. The Bertz CT molecular complexity index is 733. The van der Waals surface area contributed by atoms with Crippen LogP contribution in [-0.2, 0) is 7.05 Å². The molecule has 6 nitrogen and oxygen atoms in total. The molecule has 3 aromatic rings. The van der Waals surface area contributed by atoms with Crippen LogP contribution in [0.3, 0.4) is 0 Å². The van der Waals surface area contributed by atoms with Crippen LogP contribution in [0.25, 0.3) is 23.1 Å². The molecule has 0 atom stereocenters. The number of rotatable bonds is 2. The molecular weight excluding hydrogens is 249 g/mol. The molecule has 3 rings (SSSR count). The zero-order valence-electron chi connectivity index (χ0n) is 10.0. The molecule has 0 aliphatic carbocycles. The summed E-state index contributed by atoms with van der Waals surface area (Å²) in [5, 5.41) is 3.82. The third-order valence-electron chi connectivity index (χ3n) is 2.69. The minimum Gasteiger partial charge on any atom is -0.396 e. The van der Waals surface area contributed by atoms with E-state index in [0.29, 0.717) is 17.2 Å². The third kappa shape index (κ3) is 1.95. The van der Waals surface area contributed by atoms with Crippen LogP contribution in [0.15, 0.2) is 35.1 Å². The molecule has 0 saturated carbocycles. The van der Waals surface area contributed by atoms with Crippen LogP contribution in [0.4, 0.5) is 10.1 Å². The second-order valence-electron chi connectivity index (χ2n) is 4.02. The largest absolute Gasteiger partial charge is 0.396 e. The second kappa shape index (κ2) is 4.20. The van der Waals surface area contributed by atoms with Gasteiger partial charge in [0.1, 0.15) is 5.82 Å². The fourth-order valence-electron chi connectivity index (χ4n) is 1.67. The molecule has 1 aromatic carbocycles. The number of hydrogen-bond donors (Lipinski definition) is 1. The lowest BCUT2D eigenvalue weighted by Crippen LogP contribution is -1.93. The predicted octanol–water partition coefficient (Wildman–Crippen LogP) is 1.86. The Morgan fingerprint density at radius 3 is 2.89 bits per heavy atom. The van der Waals surface area contributed by atoms with E-state index < -0.39 is 5.82 Å². The summed E-state index contributed by atoms with van der Waals surface area (Å²) in [5.41, 5.74) is 5.96. The van der Waals surface area contributed by atoms with Crippen molar-refractivity contribution >= 4 is 5.69 Å². The van der Waals surface area contributed by atoms with Gasteiger partial charge >= 0.3 is 0 Å². The van der Waals surface area contributed by atoms with Crippen LogP contribution in [0, 0.1) is 5.82 Å². The average Bonchev–Trinajstić information content (AvgIpc) is 3.01. The summed E-state index contributed by atoms with van der Waals surface area (Å²) < 4.78 is 20.2. The molecule has 0 bridgehead atoms. The van der Waals surface area contributed by atoms with Crippen molar-refractivity contribution in [2.45, 2.75) is 0 Å². The summed E-state index contributed by atoms with van der Waals surface area (Å²) in [6.07, 6.45) is 3.41. The van der Waals surface area contributed by atoms with Gasteiger partial charge in [-0.1, -0.05) is 5.16 Å². The molecule has 0 aliphatic heterocycles. The molecule has 0 unspecified atom stereocenters. The second-order valence-corrected chi connectivity index (χ2v) is 4.02. The van der Waals surface area contributed by atoms with Gasteiger partial charge in [-0.25, -0.2) is 9.37 Å². The molecular formula is C12H10FN5O. The van der Waals surface area contributed by atoms with E-state index in [0.717, 1.165) is 0 Å². The van der Waals surface area contributed by atoms with Crippen molar-refractivity contribution in [1.82, 2.24) is 19.7 Å². The van der Waals surface area contributed by atoms with Gasteiger partial charge in [0, 0.05) is 25.0 Å². The van der Waals surface area contributed by atoms with E-state index in [1.54, 1.807) is 23.0 Å². The number of aryl methyl sites for hydroxylation is 1. The van der Waals surface area contributed by atoms with E-state index >= 15 is 0 Å². The van der Waals surface area contributed by atoms with Gasteiger partial charge in [0.25, 0.3) is 5.89 Å². The van der Waals surface area contributed by atoms with Crippen LogP contribution in [0.2, 0.25) is 0 Å². The van der Waals surface area contributed by atoms with E-state index in [1.165, 1.54) is 12.1 Å². The number of benzene rings is 1. The quantitative estimate of drug-likeness (QED) is 0.710. The van der Waals surface area contributed by atoms with E-state index in [2.05, 4.69) is 15.1 Å². The lowest BCUT2D eigenvalue weighted by molar-refractivity contribution is 0.431. The lowest BCUT2D eigenvalue weighted by Gasteiger charge is -1.97. The van der Waals surface area contributed by atoms with E-state index in [1.807, 2.05) is 7.05 Å². The lowest BCUT2D eigenvalue weighted by atomic mass is 10.2. The topological polar surface area (TPSA) is 82.8 Å². The summed E-state index contributed by atoms with van der Waals surface area (Å²) in [7, 11) is 1.82. The highest BCUT2D eigenvalue weighted by atomic mass is 19.1. The summed E-state index contributed by atoms with van der Waals surface area (Å²) in [6.45, 7) is 0. The van der Waals surface area contributed by atoms with Gasteiger partial charge in [-0.3, -0.25) is 0 Å². The molecule has 0 spiro atoms. The Labute approximate surface area is 107 Å². The van der Waals surface area contributed by atoms with Crippen molar-refractivity contribution in [3.8, 4) is 23.1 Å². The van der Waals surface area contributed by atoms with E-state index in [9.17, 15) is 4.39 Å². The monoisotopic (exact) mass is 259 g/mol. The predicted molar refractivity (Wildman–Crippen MR) is 66.3 cm³/mol. The summed E-state index contributed by atoms with van der Waals surface area (Å²) in [6, 6.07) is 4.33. The minimum atomic E-state index is -0.519. The van der Waals surface area contributed by atoms with Gasteiger partial charge in [-0.05, 0) is 18.2 Å². The van der Waals surface area contributed by atoms with Gasteiger partial charge < -0.3 is 14.8 Å². The van der Waals surface area contributed by atoms with Crippen molar-refractivity contribution < 1.29 is 8.91 Å². The molecule has 0 fully saturated rings. The molecule has 0 radical (unpaired) electrons. The number of anilines is 1. The van der Waals surface area contributed by atoms with Crippen molar-refractivity contribution in [3.05, 3.63) is 36.4 Å². The molecule has 0 amide bonds. The first-order valence-corrected chi connectivity index (χ1v) is 5.52. The highest BCUT2D eigenvalue weighted by Gasteiger charge is 2.14. The van der Waals surface area contributed by atoms with Crippen molar-refractivity contribution in [2.75, 3.05) is 5.73 Å². The van der Waals surface area contributed by atoms with Gasteiger partial charge in [0.2, 0.25) is 5.82 Å². The smallest absolute Gasteiger partial charge is 0.258 e. The van der Waals surface area contributed by atoms with Crippen LogP contribution in [0.1, 0.15) is 0 Å². The number of nitrogens with zero attached hydrogens (tertiary/aromatic N) is 4.